The molecule has 1 aliphatic heterocycles. The van der Waals surface area contributed by atoms with Crippen LogP contribution < -0.4 is 0 Å². The van der Waals surface area contributed by atoms with Crippen LogP contribution in [0.2, 0.25) is 0 Å². The Morgan fingerprint density at radius 3 is 2.65 bits per heavy atom. The smallest absolute Gasteiger partial charge is 0.237 e. The first kappa shape index (κ1) is 18.0. The molecule has 1 aromatic rings. The third-order valence-corrected chi connectivity index (χ3v) is 4.69. The van der Waals surface area contributed by atoms with Gasteiger partial charge in [-0.2, -0.15) is 0 Å². The molecule has 0 spiro atoms. The fourth-order valence-corrected chi connectivity index (χ4v) is 3.17. The maximum atomic E-state index is 12.7. The number of benzene rings is 1. The van der Waals surface area contributed by atoms with E-state index < -0.39 is 0 Å². The van der Waals surface area contributed by atoms with E-state index in [0.717, 1.165) is 32.5 Å². The lowest BCUT2D eigenvalue weighted by Gasteiger charge is -2.25. The van der Waals surface area contributed by atoms with Gasteiger partial charge < -0.3 is 10.0 Å². The minimum absolute atomic E-state index is 0.193. The molecule has 0 aromatic heterocycles. The van der Waals surface area contributed by atoms with E-state index in [1.807, 2.05) is 11.8 Å². The molecule has 0 radical (unpaired) electrons. The molecule has 1 aromatic carbocycles. The highest BCUT2D eigenvalue weighted by molar-refractivity contribution is 5.78. The fourth-order valence-electron chi connectivity index (χ4n) is 3.17. The van der Waals surface area contributed by atoms with Crippen LogP contribution in [0, 0.1) is 12.8 Å². The van der Waals surface area contributed by atoms with Gasteiger partial charge in [0.25, 0.3) is 0 Å². The molecule has 1 N–H and O–H groups in total. The average molecular weight is 318 g/mol. The topological polar surface area (TPSA) is 43.8 Å². The molecular weight excluding hydrogens is 288 g/mol. The molecule has 23 heavy (non-hydrogen) atoms. The van der Waals surface area contributed by atoms with E-state index in [2.05, 4.69) is 43.0 Å². The van der Waals surface area contributed by atoms with Crippen molar-refractivity contribution >= 4 is 5.91 Å². The second-order valence-corrected chi connectivity index (χ2v) is 6.83. The van der Waals surface area contributed by atoms with Gasteiger partial charge in [0, 0.05) is 19.6 Å². The molecule has 4 heteroatoms. The van der Waals surface area contributed by atoms with E-state index in [1.54, 1.807) is 0 Å². The zero-order valence-electron chi connectivity index (χ0n) is 14.7. The van der Waals surface area contributed by atoms with Crippen molar-refractivity contribution in [1.82, 2.24) is 9.80 Å². The maximum absolute atomic E-state index is 12.7. The van der Waals surface area contributed by atoms with Crippen LogP contribution in [-0.2, 0) is 11.3 Å². The molecule has 1 saturated heterocycles. The molecular formula is C19H30N2O2. The highest BCUT2D eigenvalue weighted by Crippen LogP contribution is 2.19. The Morgan fingerprint density at radius 2 is 2.09 bits per heavy atom. The highest BCUT2D eigenvalue weighted by Gasteiger charge is 2.28. The van der Waals surface area contributed by atoms with Crippen molar-refractivity contribution in [2.24, 2.45) is 5.92 Å². The molecule has 2 unspecified atom stereocenters. The van der Waals surface area contributed by atoms with Gasteiger partial charge in [-0.3, -0.25) is 9.69 Å². The first-order chi connectivity index (χ1) is 11.0. The summed E-state index contributed by atoms with van der Waals surface area (Å²) in [6.07, 6.45) is 1.67. The quantitative estimate of drug-likeness (QED) is 0.840. The van der Waals surface area contributed by atoms with Crippen LogP contribution in [0.5, 0.6) is 0 Å². The summed E-state index contributed by atoms with van der Waals surface area (Å²) in [6, 6.07) is 8.39. The predicted octanol–water partition coefficient (Wildman–Crippen LogP) is 2.44. The molecule has 0 bridgehead atoms. The summed E-state index contributed by atoms with van der Waals surface area (Å²) >= 11 is 0. The number of likely N-dealkylation sites (tertiary alicyclic amines) is 1. The van der Waals surface area contributed by atoms with Gasteiger partial charge in [0.05, 0.1) is 12.6 Å². The maximum Gasteiger partial charge on any atom is 0.237 e. The van der Waals surface area contributed by atoms with Gasteiger partial charge in [-0.05, 0) is 44.7 Å². The number of rotatable bonds is 7. The van der Waals surface area contributed by atoms with Gasteiger partial charge in [0.15, 0.2) is 0 Å². The Kier molecular flexibility index (Phi) is 6.60. The predicted molar refractivity (Wildman–Crippen MR) is 93.1 cm³/mol. The highest BCUT2D eigenvalue weighted by atomic mass is 16.3. The number of aryl methyl sites for hydroxylation is 1. The van der Waals surface area contributed by atoms with E-state index in [9.17, 15) is 9.90 Å². The Bertz CT molecular complexity index is 499. The van der Waals surface area contributed by atoms with Crippen LogP contribution in [0.3, 0.4) is 0 Å². The molecule has 1 aliphatic rings. The lowest BCUT2D eigenvalue weighted by atomic mass is 10.0. The summed E-state index contributed by atoms with van der Waals surface area (Å²) in [7, 11) is 0. The Labute approximate surface area is 140 Å². The average Bonchev–Trinajstić information content (AvgIpc) is 2.97. The Balaban J connectivity index is 1.92. The Morgan fingerprint density at radius 1 is 1.39 bits per heavy atom. The minimum atomic E-state index is -0.283. The third kappa shape index (κ3) is 5.33. The van der Waals surface area contributed by atoms with Crippen LogP contribution in [-0.4, -0.2) is 53.1 Å². The van der Waals surface area contributed by atoms with Crippen molar-refractivity contribution in [3.63, 3.8) is 0 Å². The monoisotopic (exact) mass is 318 g/mol. The fraction of sp³-hybridized carbons (Fsp3) is 0.632. The van der Waals surface area contributed by atoms with Crippen LogP contribution in [0.25, 0.3) is 0 Å². The zero-order valence-corrected chi connectivity index (χ0v) is 14.7. The van der Waals surface area contributed by atoms with Crippen molar-refractivity contribution in [3.8, 4) is 0 Å². The molecule has 2 atom stereocenters. The molecule has 1 amide bonds. The lowest BCUT2D eigenvalue weighted by molar-refractivity contribution is -0.132. The molecule has 1 heterocycles. The summed E-state index contributed by atoms with van der Waals surface area (Å²) in [5.74, 6) is 0.498. The van der Waals surface area contributed by atoms with E-state index in [0.29, 0.717) is 19.0 Å². The summed E-state index contributed by atoms with van der Waals surface area (Å²) in [4.78, 5) is 16.8. The standard InChI is InChI=1S/C19H30N2O2/c1-4-10-21(12-17-7-5-15(2)6-8-17)19(23)14-20-11-9-18(13-20)16(3)22/h5-8,16,18,22H,4,9-14H2,1-3H3. The lowest BCUT2D eigenvalue weighted by Crippen LogP contribution is -2.40. The molecule has 0 saturated carbocycles. The van der Waals surface area contributed by atoms with E-state index in [1.165, 1.54) is 11.1 Å². The van der Waals surface area contributed by atoms with Gasteiger partial charge >= 0.3 is 0 Å². The number of hydrogen-bond acceptors (Lipinski definition) is 3. The van der Waals surface area contributed by atoms with Gasteiger partial charge in [-0.1, -0.05) is 36.8 Å². The van der Waals surface area contributed by atoms with Crippen molar-refractivity contribution in [1.29, 1.82) is 0 Å². The molecule has 2 rings (SSSR count). The van der Waals surface area contributed by atoms with E-state index in [-0.39, 0.29) is 12.0 Å². The number of aliphatic hydroxyl groups is 1. The summed E-state index contributed by atoms with van der Waals surface area (Å²) in [5, 5.41) is 9.69. The first-order valence-corrected chi connectivity index (χ1v) is 8.73. The molecule has 128 valence electrons. The van der Waals surface area contributed by atoms with Crippen molar-refractivity contribution in [3.05, 3.63) is 35.4 Å². The van der Waals surface area contributed by atoms with Gasteiger partial charge in [-0.15, -0.1) is 0 Å². The Hall–Kier alpha value is -1.39. The van der Waals surface area contributed by atoms with Crippen LogP contribution in [0.15, 0.2) is 24.3 Å². The summed E-state index contributed by atoms with van der Waals surface area (Å²) < 4.78 is 0. The summed E-state index contributed by atoms with van der Waals surface area (Å²) in [5.41, 5.74) is 2.42. The van der Waals surface area contributed by atoms with Crippen molar-refractivity contribution in [2.75, 3.05) is 26.2 Å². The van der Waals surface area contributed by atoms with Crippen molar-refractivity contribution in [2.45, 2.75) is 46.3 Å². The minimum Gasteiger partial charge on any atom is -0.393 e. The van der Waals surface area contributed by atoms with E-state index >= 15 is 0 Å². The number of aliphatic hydroxyl groups excluding tert-OH is 1. The molecule has 1 fully saturated rings. The third-order valence-electron chi connectivity index (χ3n) is 4.69. The van der Waals surface area contributed by atoms with Crippen LogP contribution in [0.1, 0.15) is 37.8 Å². The second-order valence-electron chi connectivity index (χ2n) is 6.83. The van der Waals surface area contributed by atoms with Gasteiger partial charge in [0.2, 0.25) is 5.91 Å². The van der Waals surface area contributed by atoms with Crippen LogP contribution in [0.4, 0.5) is 0 Å². The second kappa shape index (κ2) is 8.46. The molecule has 4 nitrogen and oxygen atoms in total. The largest absolute Gasteiger partial charge is 0.393 e. The zero-order chi connectivity index (χ0) is 16.8. The van der Waals surface area contributed by atoms with E-state index in [4.69, 9.17) is 0 Å². The number of nitrogens with zero attached hydrogens (tertiary/aromatic N) is 2. The number of hydrogen-bond donors (Lipinski definition) is 1. The first-order valence-electron chi connectivity index (χ1n) is 8.73. The van der Waals surface area contributed by atoms with Crippen LogP contribution >= 0.6 is 0 Å². The normalized spacial score (nSPS) is 19.7. The van der Waals surface area contributed by atoms with Gasteiger partial charge in [0.1, 0.15) is 0 Å². The summed E-state index contributed by atoms with van der Waals surface area (Å²) in [6.45, 7) is 9.70. The number of amides is 1. The van der Waals surface area contributed by atoms with Gasteiger partial charge in [-0.25, -0.2) is 0 Å². The number of carbonyl (C=O) groups is 1. The SMILES string of the molecule is CCCN(Cc1ccc(C)cc1)C(=O)CN1CCC(C(C)O)C1. The van der Waals surface area contributed by atoms with Crippen molar-refractivity contribution < 1.29 is 9.90 Å². The molecule has 0 aliphatic carbocycles. The number of carbonyl (C=O) groups excluding carboxylic acids is 1.